The fourth-order valence-electron chi connectivity index (χ4n) is 1.79. The number of hydrogen-bond donors (Lipinski definition) is 1. The summed E-state index contributed by atoms with van der Waals surface area (Å²) in [4.78, 5) is 26.1. The van der Waals surface area contributed by atoms with Crippen molar-refractivity contribution in [1.29, 1.82) is 0 Å². The molecule has 21 heavy (non-hydrogen) atoms. The van der Waals surface area contributed by atoms with Crippen molar-refractivity contribution in [3.63, 3.8) is 0 Å². The topological polar surface area (TPSA) is 85.1 Å². The number of amides is 1. The standard InChI is InChI=1S/C14H12ClN3O3/c15-13-6-5-10(8-16-13)9-17-14(19)7-11-3-1-2-4-12(11)18(20)21/h1-6,8H,7,9H2,(H,17,19). The third-order valence-corrected chi connectivity index (χ3v) is 3.04. The van der Waals surface area contributed by atoms with E-state index in [1.807, 2.05) is 0 Å². The molecule has 6 nitrogen and oxygen atoms in total. The minimum absolute atomic E-state index is 0.0435. The summed E-state index contributed by atoms with van der Waals surface area (Å²) in [5.41, 5.74) is 1.13. The molecule has 0 saturated carbocycles. The van der Waals surface area contributed by atoms with E-state index >= 15 is 0 Å². The van der Waals surface area contributed by atoms with Crippen LogP contribution >= 0.6 is 11.6 Å². The second-order valence-corrected chi connectivity index (χ2v) is 4.72. The van der Waals surface area contributed by atoms with Gasteiger partial charge >= 0.3 is 0 Å². The first kappa shape index (κ1) is 14.9. The normalized spacial score (nSPS) is 10.1. The number of nitrogens with zero attached hydrogens (tertiary/aromatic N) is 2. The summed E-state index contributed by atoms with van der Waals surface area (Å²) < 4.78 is 0. The van der Waals surface area contributed by atoms with Crippen LogP contribution < -0.4 is 5.32 Å². The Morgan fingerprint density at radius 1 is 1.29 bits per heavy atom. The van der Waals surface area contributed by atoms with Gasteiger partial charge in [0.25, 0.3) is 5.69 Å². The summed E-state index contributed by atoms with van der Waals surface area (Å²) in [5, 5.41) is 13.9. The number of carbonyl (C=O) groups excluding carboxylic acids is 1. The maximum Gasteiger partial charge on any atom is 0.273 e. The molecule has 0 fully saturated rings. The van der Waals surface area contributed by atoms with Crippen LogP contribution in [0.25, 0.3) is 0 Å². The quantitative estimate of drug-likeness (QED) is 0.522. The van der Waals surface area contributed by atoms with Crippen molar-refractivity contribution in [2.45, 2.75) is 13.0 Å². The van der Waals surface area contributed by atoms with Crippen LogP contribution in [0.4, 0.5) is 5.69 Å². The van der Waals surface area contributed by atoms with Crippen molar-refractivity contribution in [1.82, 2.24) is 10.3 Å². The van der Waals surface area contributed by atoms with Gasteiger partial charge in [0.1, 0.15) is 5.15 Å². The van der Waals surface area contributed by atoms with E-state index in [4.69, 9.17) is 11.6 Å². The molecule has 1 amide bonds. The van der Waals surface area contributed by atoms with Crippen LogP contribution in [0.2, 0.25) is 5.15 Å². The molecule has 1 aromatic carbocycles. The zero-order valence-corrected chi connectivity index (χ0v) is 11.7. The van der Waals surface area contributed by atoms with Crippen molar-refractivity contribution >= 4 is 23.2 Å². The van der Waals surface area contributed by atoms with E-state index < -0.39 is 4.92 Å². The number of rotatable bonds is 5. The summed E-state index contributed by atoms with van der Waals surface area (Å²) in [6.07, 6.45) is 1.52. The monoisotopic (exact) mass is 305 g/mol. The zero-order chi connectivity index (χ0) is 15.2. The number of hydrogen-bond acceptors (Lipinski definition) is 4. The van der Waals surface area contributed by atoms with Crippen LogP contribution in [0.3, 0.4) is 0 Å². The van der Waals surface area contributed by atoms with Crippen molar-refractivity contribution in [2.24, 2.45) is 0 Å². The highest BCUT2D eigenvalue weighted by Gasteiger charge is 2.15. The molecule has 0 aliphatic carbocycles. The Hall–Kier alpha value is -2.47. The molecule has 1 heterocycles. The lowest BCUT2D eigenvalue weighted by molar-refractivity contribution is -0.385. The third-order valence-electron chi connectivity index (χ3n) is 2.82. The number of nitrogens with one attached hydrogen (secondary N) is 1. The molecule has 7 heteroatoms. The number of pyridine rings is 1. The predicted molar refractivity (Wildman–Crippen MR) is 77.9 cm³/mol. The van der Waals surface area contributed by atoms with E-state index in [0.29, 0.717) is 17.3 Å². The van der Waals surface area contributed by atoms with Gasteiger partial charge in [-0.2, -0.15) is 0 Å². The first-order valence-electron chi connectivity index (χ1n) is 6.15. The number of aromatic nitrogens is 1. The lowest BCUT2D eigenvalue weighted by Crippen LogP contribution is -2.24. The maximum absolute atomic E-state index is 11.8. The van der Waals surface area contributed by atoms with Crippen LogP contribution in [0, 0.1) is 10.1 Å². The highest BCUT2D eigenvalue weighted by atomic mass is 35.5. The minimum Gasteiger partial charge on any atom is -0.352 e. The summed E-state index contributed by atoms with van der Waals surface area (Å²) in [6.45, 7) is 0.295. The van der Waals surface area contributed by atoms with Crippen molar-refractivity contribution in [2.75, 3.05) is 0 Å². The second kappa shape index (κ2) is 6.81. The van der Waals surface area contributed by atoms with E-state index in [-0.39, 0.29) is 18.0 Å². The lowest BCUT2D eigenvalue weighted by atomic mass is 10.1. The highest BCUT2D eigenvalue weighted by Crippen LogP contribution is 2.18. The molecule has 0 atom stereocenters. The van der Waals surface area contributed by atoms with Crippen molar-refractivity contribution < 1.29 is 9.72 Å². The first-order chi connectivity index (χ1) is 10.1. The molecule has 0 bridgehead atoms. The molecule has 0 aliphatic heterocycles. The van der Waals surface area contributed by atoms with Gasteiger partial charge in [-0.25, -0.2) is 4.98 Å². The molecule has 0 saturated heterocycles. The molecule has 108 valence electrons. The smallest absolute Gasteiger partial charge is 0.273 e. The van der Waals surface area contributed by atoms with Gasteiger partial charge in [-0.1, -0.05) is 35.9 Å². The van der Waals surface area contributed by atoms with E-state index in [0.717, 1.165) is 5.56 Å². The number of nitro benzene ring substituents is 1. The average Bonchev–Trinajstić information content (AvgIpc) is 2.47. The minimum atomic E-state index is -0.494. The van der Waals surface area contributed by atoms with Crippen molar-refractivity contribution in [3.05, 3.63) is 69.0 Å². The molecule has 1 N–H and O–H groups in total. The van der Waals surface area contributed by atoms with E-state index in [1.165, 1.54) is 6.07 Å². The number of carbonyl (C=O) groups is 1. The van der Waals surface area contributed by atoms with Gasteiger partial charge in [-0.05, 0) is 11.6 Å². The average molecular weight is 306 g/mol. The van der Waals surface area contributed by atoms with E-state index in [1.54, 1.807) is 36.5 Å². The SMILES string of the molecule is O=C(Cc1ccccc1[N+](=O)[O-])NCc1ccc(Cl)nc1. The molecule has 2 rings (SSSR count). The Labute approximate surface area is 125 Å². The summed E-state index contributed by atoms with van der Waals surface area (Å²) >= 11 is 5.67. The molecular weight excluding hydrogens is 294 g/mol. The molecule has 0 aliphatic rings. The Morgan fingerprint density at radius 3 is 2.71 bits per heavy atom. The molecule has 2 aromatic rings. The van der Waals surface area contributed by atoms with Crippen LogP contribution in [0.5, 0.6) is 0 Å². The molecule has 1 aromatic heterocycles. The Kier molecular flexibility index (Phi) is 4.84. The summed E-state index contributed by atoms with van der Waals surface area (Å²) in [7, 11) is 0. The molecular formula is C14H12ClN3O3. The molecule has 0 radical (unpaired) electrons. The Balaban J connectivity index is 1.96. The van der Waals surface area contributed by atoms with Crippen LogP contribution in [0.1, 0.15) is 11.1 Å². The number of para-hydroxylation sites is 1. The summed E-state index contributed by atoms with van der Waals surface area (Å²) in [6, 6.07) is 9.57. The predicted octanol–water partition coefficient (Wildman–Crippen LogP) is 2.50. The Morgan fingerprint density at radius 2 is 2.05 bits per heavy atom. The van der Waals surface area contributed by atoms with Gasteiger partial charge < -0.3 is 5.32 Å². The fourth-order valence-corrected chi connectivity index (χ4v) is 1.90. The third kappa shape index (κ3) is 4.25. The van der Waals surface area contributed by atoms with Crippen LogP contribution in [-0.2, 0) is 17.8 Å². The van der Waals surface area contributed by atoms with Gasteiger partial charge in [-0.15, -0.1) is 0 Å². The van der Waals surface area contributed by atoms with E-state index in [2.05, 4.69) is 10.3 Å². The number of nitro groups is 1. The van der Waals surface area contributed by atoms with Gasteiger partial charge in [0.05, 0.1) is 11.3 Å². The lowest BCUT2D eigenvalue weighted by Gasteiger charge is -2.06. The first-order valence-corrected chi connectivity index (χ1v) is 6.53. The van der Waals surface area contributed by atoms with Crippen LogP contribution in [-0.4, -0.2) is 15.8 Å². The van der Waals surface area contributed by atoms with Crippen LogP contribution in [0.15, 0.2) is 42.6 Å². The van der Waals surface area contributed by atoms with Gasteiger partial charge in [-0.3, -0.25) is 14.9 Å². The molecule has 0 spiro atoms. The second-order valence-electron chi connectivity index (χ2n) is 4.33. The zero-order valence-electron chi connectivity index (χ0n) is 11.0. The number of benzene rings is 1. The Bertz CT molecular complexity index is 659. The van der Waals surface area contributed by atoms with Crippen molar-refractivity contribution in [3.8, 4) is 0 Å². The molecule has 0 unspecified atom stereocenters. The largest absolute Gasteiger partial charge is 0.352 e. The van der Waals surface area contributed by atoms with Gasteiger partial charge in [0.15, 0.2) is 0 Å². The highest BCUT2D eigenvalue weighted by molar-refractivity contribution is 6.29. The van der Waals surface area contributed by atoms with Gasteiger partial charge in [0, 0.05) is 24.4 Å². The number of halogens is 1. The fraction of sp³-hybridized carbons (Fsp3) is 0.143. The van der Waals surface area contributed by atoms with E-state index in [9.17, 15) is 14.9 Å². The summed E-state index contributed by atoms with van der Waals surface area (Å²) in [5.74, 6) is -0.292. The van der Waals surface area contributed by atoms with Gasteiger partial charge in [0.2, 0.25) is 5.91 Å². The maximum atomic E-state index is 11.8.